The number of carboxylic acid groups (broad SMARTS) is 1. The maximum atomic E-state index is 10.6. The molecule has 0 aromatic heterocycles. The molecule has 5 nitrogen and oxygen atoms in total. The van der Waals surface area contributed by atoms with Crippen LogP contribution < -0.4 is 5.32 Å². The number of nitrogens with one attached hydrogen (secondary N) is 1. The molecule has 0 radical (unpaired) electrons. The molecule has 5 heteroatoms. The summed E-state index contributed by atoms with van der Waals surface area (Å²) in [6, 6.07) is 0. The molecule has 1 heterocycles. The molecule has 1 saturated heterocycles. The number of hydrogen-bond acceptors (Lipinski definition) is 4. The van der Waals surface area contributed by atoms with Crippen molar-refractivity contribution in [1.29, 1.82) is 0 Å². The molecule has 112 valence electrons. The van der Waals surface area contributed by atoms with Gasteiger partial charge < -0.3 is 20.1 Å². The van der Waals surface area contributed by atoms with Crippen molar-refractivity contribution in [2.75, 3.05) is 39.8 Å². The van der Waals surface area contributed by atoms with Gasteiger partial charge in [0.15, 0.2) is 0 Å². The van der Waals surface area contributed by atoms with Crippen molar-refractivity contribution in [3.8, 4) is 0 Å². The number of rotatable bonds is 8. The lowest BCUT2D eigenvalue weighted by atomic mass is 9.84. The highest BCUT2D eigenvalue weighted by Crippen LogP contribution is 2.25. The van der Waals surface area contributed by atoms with Gasteiger partial charge >= 0.3 is 5.97 Å². The molecule has 1 aliphatic heterocycles. The molecule has 0 amide bonds. The van der Waals surface area contributed by atoms with Gasteiger partial charge in [-0.05, 0) is 31.8 Å². The first-order valence-corrected chi connectivity index (χ1v) is 7.12. The van der Waals surface area contributed by atoms with Crippen LogP contribution in [0.3, 0.4) is 0 Å². The summed E-state index contributed by atoms with van der Waals surface area (Å²) in [7, 11) is 2.12. The predicted octanol–water partition coefficient (Wildman–Crippen LogP) is 1.19. The maximum Gasteiger partial charge on any atom is 0.303 e. The highest BCUT2D eigenvalue weighted by molar-refractivity contribution is 5.66. The molecule has 0 bridgehead atoms. The third-order valence-electron chi connectivity index (χ3n) is 3.71. The number of nitrogens with zero attached hydrogens (tertiary/aromatic N) is 1. The first-order chi connectivity index (χ1) is 8.89. The van der Waals surface area contributed by atoms with E-state index in [1.165, 1.54) is 0 Å². The van der Waals surface area contributed by atoms with Crippen LogP contribution in [0.5, 0.6) is 0 Å². The molecule has 0 aromatic rings. The van der Waals surface area contributed by atoms with Gasteiger partial charge in [0.25, 0.3) is 0 Å². The molecular weight excluding hydrogens is 244 g/mol. The average molecular weight is 272 g/mol. The van der Waals surface area contributed by atoms with E-state index in [9.17, 15) is 4.79 Å². The van der Waals surface area contributed by atoms with Gasteiger partial charge in [-0.1, -0.05) is 13.8 Å². The second kappa shape index (κ2) is 7.82. The Bertz CT molecular complexity index is 282. The summed E-state index contributed by atoms with van der Waals surface area (Å²) < 4.78 is 5.68. The van der Waals surface area contributed by atoms with E-state index in [1.807, 2.05) is 0 Å². The predicted molar refractivity (Wildman–Crippen MR) is 75.4 cm³/mol. The molecule has 1 fully saturated rings. The number of carbonyl (C=O) groups is 1. The SMILES string of the molecule is CN1CCOC(CNCCC(C)(C)CCC(=O)O)C1. The molecule has 1 atom stereocenters. The lowest BCUT2D eigenvalue weighted by Gasteiger charge is -2.30. The largest absolute Gasteiger partial charge is 0.481 e. The second-order valence-electron chi connectivity index (χ2n) is 6.27. The third-order valence-corrected chi connectivity index (χ3v) is 3.71. The molecular formula is C14H28N2O3. The standard InChI is InChI=1S/C14H28N2O3/c1-14(2,5-4-13(17)18)6-7-15-10-12-11-16(3)8-9-19-12/h12,15H,4-11H2,1-3H3,(H,17,18). The Morgan fingerprint density at radius 2 is 2.21 bits per heavy atom. The molecule has 19 heavy (non-hydrogen) atoms. The smallest absolute Gasteiger partial charge is 0.303 e. The maximum absolute atomic E-state index is 10.6. The van der Waals surface area contributed by atoms with E-state index in [-0.39, 0.29) is 17.9 Å². The van der Waals surface area contributed by atoms with Crippen LogP contribution in [0.15, 0.2) is 0 Å². The molecule has 0 aromatic carbocycles. The van der Waals surface area contributed by atoms with Crippen LogP contribution in [-0.4, -0.2) is 61.9 Å². The zero-order valence-electron chi connectivity index (χ0n) is 12.4. The number of carboxylic acids is 1. The Labute approximate surface area is 116 Å². The van der Waals surface area contributed by atoms with Crippen LogP contribution in [0.25, 0.3) is 0 Å². The average Bonchev–Trinajstić information content (AvgIpc) is 2.33. The Kier molecular flexibility index (Phi) is 6.75. The fraction of sp³-hybridized carbons (Fsp3) is 0.929. The summed E-state index contributed by atoms with van der Waals surface area (Å²) >= 11 is 0. The van der Waals surface area contributed by atoms with Crippen molar-refractivity contribution in [3.63, 3.8) is 0 Å². The lowest BCUT2D eigenvalue weighted by Crippen LogP contribution is -2.45. The summed E-state index contributed by atoms with van der Waals surface area (Å²) in [5.41, 5.74) is 0.0790. The highest BCUT2D eigenvalue weighted by Gasteiger charge is 2.20. The minimum absolute atomic E-state index is 0.0790. The monoisotopic (exact) mass is 272 g/mol. The Balaban J connectivity index is 2.10. The number of hydrogen-bond donors (Lipinski definition) is 2. The van der Waals surface area contributed by atoms with E-state index >= 15 is 0 Å². The van der Waals surface area contributed by atoms with Gasteiger partial charge in [0.2, 0.25) is 0 Å². The van der Waals surface area contributed by atoms with Crippen molar-refractivity contribution in [1.82, 2.24) is 10.2 Å². The summed E-state index contributed by atoms with van der Waals surface area (Å²) in [6.45, 7) is 8.85. The fourth-order valence-corrected chi connectivity index (χ4v) is 2.25. The van der Waals surface area contributed by atoms with Crippen molar-refractivity contribution >= 4 is 5.97 Å². The van der Waals surface area contributed by atoms with Gasteiger partial charge in [0, 0.05) is 26.1 Å². The van der Waals surface area contributed by atoms with Crippen LogP contribution in [0.2, 0.25) is 0 Å². The topological polar surface area (TPSA) is 61.8 Å². The Morgan fingerprint density at radius 1 is 1.47 bits per heavy atom. The van der Waals surface area contributed by atoms with Crippen molar-refractivity contribution in [2.24, 2.45) is 5.41 Å². The number of aliphatic carboxylic acids is 1. The van der Waals surface area contributed by atoms with E-state index in [4.69, 9.17) is 9.84 Å². The van der Waals surface area contributed by atoms with E-state index in [0.29, 0.717) is 0 Å². The summed E-state index contributed by atoms with van der Waals surface area (Å²) in [4.78, 5) is 12.9. The van der Waals surface area contributed by atoms with Crippen LogP contribution in [0.1, 0.15) is 33.1 Å². The zero-order valence-corrected chi connectivity index (χ0v) is 12.4. The highest BCUT2D eigenvalue weighted by atomic mass is 16.5. The molecule has 1 unspecified atom stereocenters. The van der Waals surface area contributed by atoms with Crippen molar-refractivity contribution in [3.05, 3.63) is 0 Å². The molecule has 0 aliphatic carbocycles. The summed E-state index contributed by atoms with van der Waals surface area (Å²) in [6.07, 6.45) is 2.25. The molecule has 1 aliphatic rings. The van der Waals surface area contributed by atoms with Crippen LogP contribution in [0.4, 0.5) is 0 Å². The Hall–Kier alpha value is -0.650. The Morgan fingerprint density at radius 3 is 2.84 bits per heavy atom. The van der Waals surface area contributed by atoms with Gasteiger partial charge in [0.1, 0.15) is 0 Å². The number of likely N-dealkylation sites (N-methyl/N-ethyl adjacent to an activating group) is 1. The number of morpholine rings is 1. The van der Waals surface area contributed by atoms with Gasteiger partial charge in [0.05, 0.1) is 12.7 Å². The first kappa shape index (κ1) is 16.4. The lowest BCUT2D eigenvalue weighted by molar-refractivity contribution is -0.137. The van der Waals surface area contributed by atoms with Crippen LogP contribution >= 0.6 is 0 Å². The summed E-state index contributed by atoms with van der Waals surface area (Å²) in [5.74, 6) is -0.709. The molecule has 1 rings (SSSR count). The van der Waals surface area contributed by atoms with Crippen LogP contribution in [0, 0.1) is 5.41 Å². The first-order valence-electron chi connectivity index (χ1n) is 7.12. The fourth-order valence-electron chi connectivity index (χ4n) is 2.25. The second-order valence-corrected chi connectivity index (χ2v) is 6.27. The molecule has 0 spiro atoms. The minimum Gasteiger partial charge on any atom is -0.481 e. The third kappa shape index (κ3) is 7.50. The summed E-state index contributed by atoms with van der Waals surface area (Å²) in [5, 5.41) is 12.1. The zero-order chi connectivity index (χ0) is 14.3. The normalized spacial score (nSPS) is 21.5. The van der Waals surface area contributed by atoms with Gasteiger partial charge in [-0.25, -0.2) is 0 Å². The van der Waals surface area contributed by atoms with Crippen molar-refractivity contribution in [2.45, 2.75) is 39.2 Å². The quantitative estimate of drug-likeness (QED) is 0.650. The number of ether oxygens (including phenoxy) is 1. The van der Waals surface area contributed by atoms with Gasteiger partial charge in [-0.2, -0.15) is 0 Å². The van der Waals surface area contributed by atoms with E-state index < -0.39 is 5.97 Å². The van der Waals surface area contributed by atoms with E-state index in [0.717, 1.165) is 45.6 Å². The molecule has 0 saturated carbocycles. The molecule has 2 N–H and O–H groups in total. The van der Waals surface area contributed by atoms with E-state index in [2.05, 4.69) is 31.1 Å². The van der Waals surface area contributed by atoms with Crippen LogP contribution in [-0.2, 0) is 9.53 Å². The minimum atomic E-state index is -0.709. The van der Waals surface area contributed by atoms with Gasteiger partial charge in [-0.15, -0.1) is 0 Å². The van der Waals surface area contributed by atoms with Crippen molar-refractivity contribution < 1.29 is 14.6 Å². The van der Waals surface area contributed by atoms with E-state index in [1.54, 1.807) is 0 Å². The van der Waals surface area contributed by atoms with Gasteiger partial charge in [-0.3, -0.25) is 4.79 Å².